The fraction of sp³-hybridized carbons (Fsp3) is 0.333. The summed E-state index contributed by atoms with van der Waals surface area (Å²) in [6, 6.07) is 7.13. The third-order valence-electron chi connectivity index (χ3n) is 3.25. The van der Waals surface area contributed by atoms with Crippen molar-refractivity contribution in [1.29, 1.82) is 0 Å². The van der Waals surface area contributed by atoms with Crippen molar-refractivity contribution in [1.82, 2.24) is 25.2 Å². The Bertz CT molecular complexity index is 663. The summed E-state index contributed by atoms with van der Waals surface area (Å²) in [6.07, 6.45) is 1.47. The van der Waals surface area contributed by atoms with E-state index in [-0.39, 0.29) is 11.8 Å². The molecule has 0 saturated heterocycles. The maximum absolute atomic E-state index is 12.2. The van der Waals surface area contributed by atoms with Gasteiger partial charge in [-0.2, -0.15) is 9.90 Å². The number of benzene rings is 1. The topological polar surface area (TPSA) is 80.1 Å². The van der Waals surface area contributed by atoms with E-state index in [1.165, 1.54) is 11.0 Å². The van der Waals surface area contributed by atoms with Crippen molar-refractivity contribution >= 4 is 11.8 Å². The number of nitrogens with zero attached hydrogens (tertiary/aromatic N) is 4. The zero-order chi connectivity index (χ0) is 16.1. The van der Waals surface area contributed by atoms with Gasteiger partial charge in [0.15, 0.2) is 5.69 Å². The molecule has 0 bridgehead atoms. The van der Waals surface area contributed by atoms with Crippen LogP contribution >= 0.6 is 0 Å². The molecule has 1 aromatic heterocycles. The van der Waals surface area contributed by atoms with Crippen LogP contribution in [0.25, 0.3) is 0 Å². The van der Waals surface area contributed by atoms with E-state index < -0.39 is 0 Å². The highest BCUT2D eigenvalue weighted by Gasteiger charge is 2.15. The third-order valence-corrected chi connectivity index (χ3v) is 3.25. The van der Waals surface area contributed by atoms with Gasteiger partial charge in [0.2, 0.25) is 0 Å². The second-order valence-electron chi connectivity index (χ2n) is 4.86. The molecule has 2 amide bonds. The van der Waals surface area contributed by atoms with Crippen LogP contribution in [0.15, 0.2) is 30.5 Å². The molecule has 0 fully saturated rings. The fourth-order valence-electron chi connectivity index (χ4n) is 1.99. The van der Waals surface area contributed by atoms with Crippen molar-refractivity contribution < 1.29 is 9.59 Å². The van der Waals surface area contributed by atoms with Crippen LogP contribution in [-0.4, -0.2) is 45.8 Å². The molecule has 0 unspecified atom stereocenters. The molecule has 2 rings (SSSR count). The molecule has 0 aliphatic carbocycles. The highest BCUT2D eigenvalue weighted by Crippen LogP contribution is 2.09. The van der Waals surface area contributed by atoms with Crippen molar-refractivity contribution in [2.45, 2.75) is 20.0 Å². The van der Waals surface area contributed by atoms with Crippen molar-refractivity contribution in [3.63, 3.8) is 0 Å². The minimum absolute atomic E-state index is 0.132. The third kappa shape index (κ3) is 3.49. The summed E-state index contributed by atoms with van der Waals surface area (Å²) in [6.45, 7) is 2.97. The molecule has 2 aromatic rings. The van der Waals surface area contributed by atoms with Gasteiger partial charge in [-0.1, -0.05) is 12.1 Å². The number of hydrogen-bond acceptors (Lipinski definition) is 4. The minimum atomic E-state index is -0.185. The van der Waals surface area contributed by atoms with Gasteiger partial charge in [0.1, 0.15) is 0 Å². The minimum Gasteiger partial charge on any atom is -0.355 e. The first-order valence-electron chi connectivity index (χ1n) is 7.01. The summed E-state index contributed by atoms with van der Waals surface area (Å²) in [5.74, 6) is -0.317. The lowest BCUT2D eigenvalue weighted by Gasteiger charge is -2.15. The molecule has 0 saturated carbocycles. The quantitative estimate of drug-likeness (QED) is 0.891. The van der Waals surface area contributed by atoms with Crippen LogP contribution in [0.3, 0.4) is 0 Å². The van der Waals surface area contributed by atoms with E-state index in [1.807, 2.05) is 19.1 Å². The van der Waals surface area contributed by atoms with E-state index in [1.54, 1.807) is 31.1 Å². The maximum atomic E-state index is 12.2. The number of carbonyl (C=O) groups excluding carboxylic acids is 2. The molecule has 1 N–H and O–H groups in total. The summed E-state index contributed by atoms with van der Waals surface area (Å²) < 4.78 is 0. The Morgan fingerprint density at radius 2 is 1.95 bits per heavy atom. The van der Waals surface area contributed by atoms with Gasteiger partial charge in [-0.15, -0.1) is 5.10 Å². The summed E-state index contributed by atoms with van der Waals surface area (Å²) in [5, 5.41) is 10.7. The first-order valence-corrected chi connectivity index (χ1v) is 7.01. The number of rotatable bonds is 5. The summed E-state index contributed by atoms with van der Waals surface area (Å²) in [4.78, 5) is 26.8. The van der Waals surface area contributed by atoms with Crippen molar-refractivity contribution in [2.75, 3.05) is 14.1 Å². The van der Waals surface area contributed by atoms with Gasteiger partial charge in [-0.25, -0.2) is 0 Å². The van der Waals surface area contributed by atoms with Crippen LogP contribution in [0.2, 0.25) is 0 Å². The number of aryl methyl sites for hydroxylation is 1. The second-order valence-corrected chi connectivity index (χ2v) is 4.86. The van der Waals surface area contributed by atoms with Gasteiger partial charge < -0.3 is 10.2 Å². The van der Waals surface area contributed by atoms with E-state index in [0.29, 0.717) is 24.3 Å². The highest BCUT2D eigenvalue weighted by molar-refractivity contribution is 5.94. The van der Waals surface area contributed by atoms with E-state index in [0.717, 1.165) is 5.56 Å². The molecular weight excluding hydrogens is 282 g/mol. The van der Waals surface area contributed by atoms with Crippen LogP contribution in [0.4, 0.5) is 0 Å². The first-order chi connectivity index (χ1) is 10.5. The number of hydrogen-bond donors (Lipinski definition) is 1. The monoisotopic (exact) mass is 301 g/mol. The summed E-state index contributed by atoms with van der Waals surface area (Å²) >= 11 is 0. The molecule has 1 aromatic carbocycles. The average Bonchev–Trinajstić information content (AvgIpc) is 3.03. The van der Waals surface area contributed by atoms with Gasteiger partial charge in [-0.05, 0) is 24.6 Å². The molecule has 0 aliphatic heterocycles. The lowest BCUT2D eigenvalue weighted by Crippen LogP contribution is -2.26. The Kier molecular flexibility index (Phi) is 4.88. The summed E-state index contributed by atoms with van der Waals surface area (Å²) in [7, 11) is 3.30. The molecule has 0 radical (unpaired) electrons. The molecule has 1 heterocycles. The standard InChI is InChI=1S/C15H19N5O2/c1-4-20-17-9-13(18-20)15(22)19(3)10-11-5-7-12(8-6-11)14(21)16-2/h5-9H,4,10H2,1-3H3,(H,16,21). The Morgan fingerprint density at radius 3 is 2.50 bits per heavy atom. The Morgan fingerprint density at radius 1 is 1.27 bits per heavy atom. The van der Waals surface area contributed by atoms with Gasteiger partial charge >= 0.3 is 0 Å². The van der Waals surface area contributed by atoms with Crippen molar-refractivity contribution in [2.24, 2.45) is 0 Å². The largest absolute Gasteiger partial charge is 0.355 e. The molecule has 22 heavy (non-hydrogen) atoms. The predicted molar refractivity (Wildman–Crippen MR) is 81.3 cm³/mol. The average molecular weight is 301 g/mol. The van der Waals surface area contributed by atoms with Crippen LogP contribution < -0.4 is 5.32 Å². The van der Waals surface area contributed by atoms with E-state index >= 15 is 0 Å². The SMILES string of the molecule is CCn1ncc(C(=O)N(C)Cc2ccc(C(=O)NC)cc2)n1. The van der Waals surface area contributed by atoms with Gasteiger partial charge in [0.25, 0.3) is 11.8 Å². The first kappa shape index (κ1) is 15.7. The number of aromatic nitrogens is 3. The molecule has 0 atom stereocenters. The molecule has 7 nitrogen and oxygen atoms in total. The number of nitrogens with one attached hydrogen (secondary N) is 1. The lowest BCUT2D eigenvalue weighted by molar-refractivity contribution is 0.0778. The Labute approximate surface area is 128 Å². The Hall–Kier alpha value is -2.70. The van der Waals surface area contributed by atoms with Crippen molar-refractivity contribution in [3.05, 3.63) is 47.3 Å². The highest BCUT2D eigenvalue weighted by atomic mass is 16.2. The van der Waals surface area contributed by atoms with E-state index in [4.69, 9.17) is 0 Å². The predicted octanol–water partition coefficient (Wildman–Crippen LogP) is 0.930. The Balaban J connectivity index is 2.03. The second kappa shape index (κ2) is 6.84. The van der Waals surface area contributed by atoms with Crippen LogP contribution in [-0.2, 0) is 13.1 Å². The molecule has 0 aliphatic rings. The van der Waals surface area contributed by atoms with Gasteiger partial charge in [-0.3, -0.25) is 9.59 Å². The van der Waals surface area contributed by atoms with E-state index in [9.17, 15) is 9.59 Å². The van der Waals surface area contributed by atoms with Crippen LogP contribution in [0.1, 0.15) is 33.3 Å². The molecule has 116 valence electrons. The van der Waals surface area contributed by atoms with E-state index in [2.05, 4.69) is 15.5 Å². The van der Waals surface area contributed by atoms with Crippen molar-refractivity contribution in [3.8, 4) is 0 Å². The van der Waals surface area contributed by atoms with Gasteiger partial charge in [0.05, 0.1) is 12.7 Å². The van der Waals surface area contributed by atoms with Crippen LogP contribution in [0.5, 0.6) is 0 Å². The lowest BCUT2D eigenvalue weighted by atomic mass is 10.1. The summed E-state index contributed by atoms with van der Waals surface area (Å²) in [5.41, 5.74) is 1.85. The smallest absolute Gasteiger partial charge is 0.276 e. The molecule has 7 heteroatoms. The zero-order valence-electron chi connectivity index (χ0n) is 12.9. The van der Waals surface area contributed by atoms with Crippen LogP contribution in [0, 0.1) is 0 Å². The van der Waals surface area contributed by atoms with Gasteiger partial charge in [0, 0.05) is 26.2 Å². The molecule has 0 spiro atoms. The normalized spacial score (nSPS) is 10.3. The zero-order valence-corrected chi connectivity index (χ0v) is 12.9. The fourth-order valence-corrected chi connectivity index (χ4v) is 1.99. The number of carbonyl (C=O) groups is 2. The maximum Gasteiger partial charge on any atom is 0.276 e. The number of amides is 2. The molecular formula is C15H19N5O2.